The minimum atomic E-state index is 0. The van der Waals surface area contributed by atoms with Crippen LogP contribution in [0.25, 0.3) is 43.8 Å². The van der Waals surface area contributed by atoms with E-state index in [0.717, 1.165) is 23.7 Å². The second-order valence-corrected chi connectivity index (χ2v) is 18.0. The summed E-state index contributed by atoms with van der Waals surface area (Å²) in [6, 6.07) is 38.4. The number of fused-ring (bicyclic) bond motifs is 2. The van der Waals surface area contributed by atoms with Crippen LogP contribution in [0.5, 0.6) is 0 Å². The summed E-state index contributed by atoms with van der Waals surface area (Å²) in [6.07, 6.45) is 17.2. The molecule has 5 aromatic rings. The molecule has 8 saturated carbocycles. The van der Waals surface area contributed by atoms with Crippen LogP contribution in [0.3, 0.4) is 0 Å². The third-order valence-electron chi connectivity index (χ3n) is 14.6. The number of rotatable bonds is 4. The van der Waals surface area contributed by atoms with Crippen LogP contribution in [-0.4, -0.2) is 0 Å². The zero-order valence-corrected chi connectivity index (χ0v) is 32.4. The van der Waals surface area contributed by atoms with Gasteiger partial charge < -0.3 is 13.3 Å². The summed E-state index contributed by atoms with van der Waals surface area (Å²) >= 11 is 0. The van der Waals surface area contributed by atoms with Gasteiger partial charge in [-0.15, -0.1) is 0 Å². The maximum atomic E-state index is 2.60. The molecule has 1 heteroatoms. The van der Waals surface area contributed by atoms with Crippen LogP contribution in [0, 0.1) is 42.4 Å². The van der Waals surface area contributed by atoms with Crippen molar-refractivity contribution in [2.75, 3.05) is 0 Å². The summed E-state index contributed by atoms with van der Waals surface area (Å²) in [6.45, 7) is 2.60. The van der Waals surface area contributed by atoms with E-state index in [1.807, 2.05) is 5.92 Å². The van der Waals surface area contributed by atoms with Gasteiger partial charge in [-0.3, -0.25) is 0 Å². The Morgan fingerprint density at radius 1 is 0.510 bits per heavy atom. The fourth-order valence-corrected chi connectivity index (χ4v) is 13.9. The molecule has 0 nitrogen and oxygen atoms in total. The molecule has 49 heavy (non-hydrogen) atoms. The molecule has 0 aliphatic heterocycles. The topological polar surface area (TPSA) is 0 Å². The molecule has 5 aromatic carbocycles. The summed E-state index contributed by atoms with van der Waals surface area (Å²) in [7, 11) is 0. The number of benzene rings is 5. The SMILES string of the molecule is CC12CC3CC(C1)CC(c1ccc(-c4c5ccccc5c(-c5ccc(C67C[C-]8CC(CC(C8)C6)C7)cc5)c5ccccc45)cc1)(C3)C2.[CH3-].[Y+3]. The molecule has 244 valence electrons. The van der Waals surface area contributed by atoms with E-state index < -0.39 is 0 Å². The number of hydrogen-bond acceptors (Lipinski definition) is 0. The summed E-state index contributed by atoms with van der Waals surface area (Å²) in [5.74, 6) is 5.65. The molecule has 0 amide bonds. The predicted octanol–water partition coefficient (Wildman–Crippen LogP) is 13.1. The van der Waals surface area contributed by atoms with Gasteiger partial charge in [0.05, 0.1) is 0 Å². The second kappa shape index (κ2) is 11.6. The van der Waals surface area contributed by atoms with Gasteiger partial charge in [0.1, 0.15) is 0 Å². The van der Waals surface area contributed by atoms with Crippen LogP contribution in [0.1, 0.15) is 95.1 Å². The molecule has 8 bridgehead atoms. The zero-order valence-electron chi connectivity index (χ0n) is 29.6. The predicted molar refractivity (Wildman–Crippen MR) is 203 cm³/mol. The molecule has 0 aromatic heterocycles. The summed E-state index contributed by atoms with van der Waals surface area (Å²) < 4.78 is 0. The molecule has 13 rings (SSSR count). The van der Waals surface area contributed by atoms with E-state index in [4.69, 9.17) is 0 Å². The first-order chi connectivity index (χ1) is 22.9. The molecular formula is C48H50Y+. The van der Waals surface area contributed by atoms with Gasteiger partial charge in [0.2, 0.25) is 0 Å². The molecule has 0 saturated heterocycles. The minimum Gasteiger partial charge on any atom is -0.358 e. The molecule has 0 radical (unpaired) electrons. The van der Waals surface area contributed by atoms with E-state index in [-0.39, 0.29) is 40.1 Å². The Bertz CT molecular complexity index is 1940. The Kier molecular flexibility index (Phi) is 7.73. The van der Waals surface area contributed by atoms with Gasteiger partial charge in [0.15, 0.2) is 0 Å². The average Bonchev–Trinajstić information content (AvgIpc) is 3.06. The maximum absolute atomic E-state index is 2.60. The molecule has 0 N–H and O–H groups in total. The Morgan fingerprint density at radius 2 is 0.918 bits per heavy atom. The van der Waals surface area contributed by atoms with Gasteiger partial charge >= 0.3 is 32.7 Å². The molecule has 4 unspecified atom stereocenters. The van der Waals surface area contributed by atoms with Crippen molar-refractivity contribution in [2.45, 2.75) is 94.8 Å². The van der Waals surface area contributed by atoms with Gasteiger partial charge in [0, 0.05) is 0 Å². The summed E-state index contributed by atoms with van der Waals surface area (Å²) in [5.41, 5.74) is 10.1. The smallest absolute Gasteiger partial charge is 0.358 e. The van der Waals surface area contributed by atoms with E-state index in [1.54, 1.807) is 11.1 Å². The summed E-state index contributed by atoms with van der Waals surface area (Å²) in [5, 5.41) is 5.49. The average molecular weight is 716 g/mol. The zero-order chi connectivity index (χ0) is 31.0. The quantitative estimate of drug-likeness (QED) is 0.128. The van der Waals surface area contributed by atoms with Crippen LogP contribution < -0.4 is 0 Å². The molecule has 8 aliphatic rings. The van der Waals surface area contributed by atoms with E-state index in [0.29, 0.717) is 16.2 Å². The Labute approximate surface area is 319 Å². The monoisotopic (exact) mass is 715 g/mol. The van der Waals surface area contributed by atoms with E-state index >= 15 is 0 Å². The first-order valence-electron chi connectivity index (χ1n) is 18.9. The largest absolute Gasteiger partial charge is 3.00 e. The third-order valence-corrected chi connectivity index (χ3v) is 14.6. The Hall–Kier alpha value is -2.28. The van der Waals surface area contributed by atoms with Crippen LogP contribution in [0.15, 0.2) is 97.1 Å². The van der Waals surface area contributed by atoms with Crippen LogP contribution in [0.2, 0.25) is 0 Å². The Balaban J connectivity index is 0.00000162. The van der Waals surface area contributed by atoms with Crippen molar-refractivity contribution in [3.8, 4) is 22.3 Å². The van der Waals surface area contributed by atoms with E-state index in [1.165, 1.54) is 121 Å². The fourth-order valence-electron chi connectivity index (χ4n) is 13.9. The van der Waals surface area contributed by atoms with Gasteiger partial charge in [-0.05, 0) is 134 Å². The van der Waals surface area contributed by atoms with Gasteiger partial charge in [-0.2, -0.15) is 19.3 Å². The first-order valence-corrected chi connectivity index (χ1v) is 18.9. The minimum absolute atomic E-state index is 0. The van der Waals surface area contributed by atoms with Crippen molar-refractivity contribution < 1.29 is 32.7 Å². The molecular weight excluding hydrogens is 665 g/mol. The van der Waals surface area contributed by atoms with E-state index in [2.05, 4.69) is 104 Å². The molecule has 4 atom stereocenters. The second-order valence-electron chi connectivity index (χ2n) is 18.0. The number of hydrogen-bond donors (Lipinski definition) is 0. The van der Waals surface area contributed by atoms with Crippen molar-refractivity contribution >= 4 is 21.5 Å². The third kappa shape index (κ3) is 4.96. The first kappa shape index (κ1) is 32.6. The van der Waals surface area contributed by atoms with Gasteiger partial charge in [-0.25, -0.2) is 0 Å². The van der Waals surface area contributed by atoms with Gasteiger partial charge in [-0.1, -0.05) is 122 Å². The van der Waals surface area contributed by atoms with Crippen molar-refractivity contribution in [2.24, 2.45) is 29.1 Å². The molecule has 8 fully saturated rings. The molecule has 8 aliphatic carbocycles. The standard InChI is InChI=1S/C47H47.CH3.Y/c1-45-22-33-21-34(23-45)28-47(27-33,29-45)38-16-12-36(13-17-38)44-41-8-4-2-6-39(41)43(40-7-3-5-9-42(40)44)35-10-14-37(15-11-35)46-24-30-18-31(25-46)20-32(19-30)26-46;;/h2-17,30-31,33-34H,18-29H2,1H3;1H3;/q2*-1;+3. The normalized spacial score (nSPS) is 33.9. The Morgan fingerprint density at radius 3 is 1.35 bits per heavy atom. The van der Waals surface area contributed by atoms with Crippen molar-refractivity contribution in [1.82, 2.24) is 0 Å². The molecule has 0 spiro atoms. The molecule has 0 heterocycles. The van der Waals surface area contributed by atoms with Gasteiger partial charge in [0.25, 0.3) is 0 Å². The summed E-state index contributed by atoms with van der Waals surface area (Å²) in [4.78, 5) is 0. The van der Waals surface area contributed by atoms with Crippen LogP contribution in [0.4, 0.5) is 0 Å². The fraction of sp³-hybridized carbons (Fsp3) is 0.417. The maximum Gasteiger partial charge on any atom is 3.00 e. The van der Waals surface area contributed by atoms with Crippen molar-refractivity contribution in [1.29, 1.82) is 0 Å². The van der Waals surface area contributed by atoms with Crippen molar-refractivity contribution in [3.63, 3.8) is 0 Å². The van der Waals surface area contributed by atoms with Crippen LogP contribution in [-0.2, 0) is 43.5 Å². The van der Waals surface area contributed by atoms with Crippen molar-refractivity contribution in [3.05, 3.63) is 122 Å². The van der Waals surface area contributed by atoms with Crippen LogP contribution >= 0.6 is 0 Å². The van der Waals surface area contributed by atoms with E-state index in [9.17, 15) is 0 Å².